The highest BCUT2D eigenvalue weighted by Crippen LogP contribution is 2.35. The predicted molar refractivity (Wildman–Crippen MR) is 89.8 cm³/mol. The molecule has 0 fully saturated rings. The summed E-state index contributed by atoms with van der Waals surface area (Å²) >= 11 is 1.77. The van der Waals surface area contributed by atoms with E-state index in [4.69, 9.17) is 0 Å². The van der Waals surface area contributed by atoms with Gasteiger partial charge in [-0.3, -0.25) is 9.59 Å². The number of hydrogen-bond acceptors (Lipinski definition) is 3. The Hall–Kier alpha value is -1.36. The van der Waals surface area contributed by atoms with E-state index < -0.39 is 11.5 Å². The second kappa shape index (κ2) is 6.41. The maximum Gasteiger partial charge on any atom is 0.245 e. The van der Waals surface area contributed by atoms with Crippen molar-refractivity contribution >= 4 is 23.2 Å². The summed E-state index contributed by atoms with van der Waals surface area (Å²) in [6.07, 6.45) is 1.81. The molecule has 2 amide bonds. The van der Waals surface area contributed by atoms with Crippen molar-refractivity contribution in [3.8, 4) is 0 Å². The summed E-state index contributed by atoms with van der Waals surface area (Å²) in [6, 6.07) is 1.78. The Morgan fingerprint density at radius 3 is 2.73 bits per heavy atom. The highest BCUT2D eigenvalue weighted by Gasteiger charge is 2.34. The van der Waals surface area contributed by atoms with E-state index >= 15 is 0 Å². The highest BCUT2D eigenvalue weighted by molar-refractivity contribution is 7.10. The summed E-state index contributed by atoms with van der Waals surface area (Å²) in [5, 5.41) is 4.96. The normalized spacial score (nSPS) is 19.5. The van der Waals surface area contributed by atoms with Crippen LogP contribution in [0.4, 0.5) is 0 Å². The van der Waals surface area contributed by atoms with Crippen molar-refractivity contribution in [2.45, 2.75) is 59.5 Å². The van der Waals surface area contributed by atoms with Crippen LogP contribution in [0.15, 0.2) is 11.4 Å². The number of nitrogens with one attached hydrogen (secondary N) is 1. The quantitative estimate of drug-likeness (QED) is 0.929. The van der Waals surface area contributed by atoms with E-state index in [1.165, 1.54) is 10.4 Å². The Kier molecular flexibility index (Phi) is 4.95. The fourth-order valence-electron chi connectivity index (χ4n) is 2.82. The Labute approximate surface area is 136 Å². The number of carbonyl (C=O) groups is 2. The molecule has 0 radical (unpaired) electrons. The van der Waals surface area contributed by atoms with Crippen molar-refractivity contribution in [2.24, 2.45) is 5.41 Å². The van der Waals surface area contributed by atoms with Gasteiger partial charge in [-0.1, -0.05) is 27.7 Å². The zero-order valence-corrected chi connectivity index (χ0v) is 14.9. The lowest BCUT2D eigenvalue weighted by Crippen LogP contribution is -2.51. The Morgan fingerprint density at radius 1 is 1.45 bits per heavy atom. The molecule has 1 aromatic heterocycles. The molecule has 0 aromatic carbocycles. The number of nitrogens with zero attached hydrogens (tertiary/aromatic N) is 1. The molecular weight excluding hydrogens is 296 g/mol. The minimum atomic E-state index is -0.485. The van der Waals surface area contributed by atoms with Gasteiger partial charge in [-0.2, -0.15) is 0 Å². The van der Waals surface area contributed by atoms with E-state index in [2.05, 4.69) is 23.7 Å². The molecule has 1 N–H and O–H groups in total. The highest BCUT2D eigenvalue weighted by atomic mass is 32.1. The summed E-state index contributed by atoms with van der Waals surface area (Å²) in [6.45, 7) is 10.2. The zero-order valence-electron chi connectivity index (χ0n) is 14.1. The van der Waals surface area contributed by atoms with E-state index in [0.717, 1.165) is 19.4 Å². The molecule has 2 rings (SSSR count). The van der Waals surface area contributed by atoms with E-state index in [-0.39, 0.29) is 17.9 Å². The van der Waals surface area contributed by atoms with Crippen LogP contribution in [0.2, 0.25) is 0 Å². The molecule has 0 saturated heterocycles. The average molecular weight is 322 g/mol. The molecule has 1 aromatic rings. The summed E-state index contributed by atoms with van der Waals surface area (Å²) in [5.74, 6) is -0.0732. The number of fused-ring (bicyclic) bond motifs is 1. The van der Waals surface area contributed by atoms with Crippen LogP contribution in [0.1, 0.15) is 57.5 Å². The third-order valence-electron chi connectivity index (χ3n) is 4.16. The molecule has 1 aliphatic heterocycles. The van der Waals surface area contributed by atoms with Gasteiger partial charge >= 0.3 is 0 Å². The molecule has 5 heteroatoms. The van der Waals surface area contributed by atoms with Gasteiger partial charge in [0.25, 0.3) is 0 Å². The smallest absolute Gasteiger partial charge is 0.245 e. The van der Waals surface area contributed by atoms with Crippen molar-refractivity contribution in [1.29, 1.82) is 0 Å². The topological polar surface area (TPSA) is 49.4 Å². The van der Waals surface area contributed by atoms with Gasteiger partial charge < -0.3 is 10.2 Å². The Balaban J connectivity index is 2.11. The van der Waals surface area contributed by atoms with Gasteiger partial charge in [0, 0.05) is 16.8 Å². The van der Waals surface area contributed by atoms with Crippen molar-refractivity contribution in [1.82, 2.24) is 10.2 Å². The van der Waals surface area contributed by atoms with Gasteiger partial charge in [0.05, 0.1) is 6.04 Å². The lowest BCUT2D eigenvalue weighted by Gasteiger charge is -2.37. The second-order valence-corrected chi connectivity index (χ2v) is 7.95. The van der Waals surface area contributed by atoms with Gasteiger partial charge in [-0.05, 0) is 36.8 Å². The van der Waals surface area contributed by atoms with Crippen LogP contribution in [0.5, 0.6) is 0 Å². The molecular formula is C17H26N2O2S. The Bertz CT molecular complexity index is 559. The number of amides is 2. The van der Waals surface area contributed by atoms with Crippen LogP contribution in [0.25, 0.3) is 0 Å². The zero-order chi connectivity index (χ0) is 16.5. The SMILES string of the molecule is CCC1c2ccsc2CCN1C(=O)C(C)NC(=O)C(C)(C)C. The van der Waals surface area contributed by atoms with E-state index in [1.54, 1.807) is 18.3 Å². The van der Waals surface area contributed by atoms with Crippen LogP contribution in [-0.4, -0.2) is 29.3 Å². The van der Waals surface area contributed by atoms with Gasteiger partial charge in [-0.15, -0.1) is 11.3 Å². The van der Waals surface area contributed by atoms with E-state index in [0.29, 0.717) is 0 Å². The first-order valence-electron chi connectivity index (χ1n) is 7.93. The van der Waals surface area contributed by atoms with Crippen molar-refractivity contribution < 1.29 is 9.59 Å². The lowest BCUT2D eigenvalue weighted by molar-refractivity contribution is -0.140. The van der Waals surface area contributed by atoms with Crippen LogP contribution < -0.4 is 5.32 Å². The molecule has 0 spiro atoms. The van der Waals surface area contributed by atoms with E-state index in [9.17, 15) is 9.59 Å². The summed E-state index contributed by atoms with van der Waals surface area (Å²) < 4.78 is 0. The molecule has 0 aliphatic carbocycles. The summed E-state index contributed by atoms with van der Waals surface area (Å²) in [5.41, 5.74) is 0.794. The monoisotopic (exact) mass is 322 g/mol. The minimum absolute atomic E-state index is 0.0151. The Morgan fingerprint density at radius 2 is 2.14 bits per heavy atom. The molecule has 2 unspecified atom stereocenters. The van der Waals surface area contributed by atoms with Gasteiger partial charge in [0.15, 0.2) is 0 Å². The molecule has 22 heavy (non-hydrogen) atoms. The fourth-order valence-corrected chi connectivity index (χ4v) is 3.75. The molecule has 0 bridgehead atoms. The van der Waals surface area contributed by atoms with Crippen LogP contribution >= 0.6 is 11.3 Å². The van der Waals surface area contributed by atoms with Crippen LogP contribution in [-0.2, 0) is 16.0 Å². The fraction of sp³-hybridized carbons (Fsp3) is 0.647. The average Bonchev–Trinajstić information content (AvgIpc) is 2.92. The third kappa shape index (κ3) is 3.35. The molecule has 2 atom stereocenters. The second-order valence-electron chi connectivity index (χ2n) is 6.95. The first kappa shape index (κ1) is 17.0. The van der Waals surface area contributed by atoms with Crippen molar-refractivity contribution in [2.75, 3.05) is 6.54 Å². The number of rotatable bonds is 3. The van der Waals surface area contributed by atoms with Gasteiger partial charge in [-0.25, -0.2) is 0 Å². The van der Waals surface area contributed by atoms with Crippen molar-refractivity contribution in [3.63, 3.8) is 0 Å². The summed E-state index contributed by atoms with van der Waals surface area (Å²) in [7, 11) is 0. The minimum Gasteiger partial charge on any atom is -0.344 e. The lowest BCUT2D eigenvalue weighted by atomic mass is 9.94. The maximum absolute atomic E-state index is 12.8. The van der Waals surface area contributed by atoms with Crippen LogP contribution in [0.3, 0.4) is 0 Å². The van der Waals surface area contributed by atoms with Crippen LogP contribution in [0, 0.1) is 5.41 Å². The first-order valence-corrected chi connectivity index (χ1v) is 8.81. The molecule has 1 aliphatic rings. The standard InChI is InChI=1S/C17H26N2O2S/c1-6-13-12-8-10-22-14(12)7-9-19(13)15(20)11(2)18-16(21)17(3,4)5/h8,10-11,13H,6-7,9H2,1-5H3,(H,18,21). The van der Waals surface area contributed by atoms with Crippen molar-refractivity contribution in [3.05, 3.63) is 21.9 Å². The molecule has 0 saturated carbocycles. The summed E-state index contributed by atoms with van der Waals surface area (Å²) in [4.78, 5) is 28.2. The third-order valence-corrected chi connectivity index (χ3v) is 5.16. The molecule has 2 heterocycles. The number of thiophene rings is 1. The number of carbonyl (C=O) groups excluding carboxylic acids is 2. The van der Waals surface area contributed by atoms with Gasteiger partial charge in [0.2, 0.25) is 11.8 Å². The van der Waals surface area contributed by atoms with Gasteiger partial charge in [0.1, 0.15) is 6.04 Å². The van der Waals surface area contributed by atoms with E-state index in [1.807, 2.05) is 25.7 Å². The number of hydrogen-bond donors (Lipinski definition) is 1. The predicted octanol–water partition coefficient (Wildman–Crippen LogP) is 3.13. The molecule has 4 nitrogen and oxygen atoms in total. The first-order chi connectivity index (χ1) is 10.3. The molecule has 122 valence electrons. The largest absolute Gasteiger partial charge is 0.344 e. The maximum atomic E-state index is 12.8.